The van der Waals surface area contributed by atoms with Crippen LogP contribution in [0, 0.1) is 17.1 Å². The van der Waals surface area contributed by atoms with Crippen molar-refractivity contribution in [2.24, 2.45) is 0 Å². The summed E-state index contributed by atoms with van der Waals surface area (Å²) in [6, 6.07) is 18.4. The van der Waals surface area contributed by atoms with Crippen molar-refractivity contribution in [2.45, 2.75) is 0 Å². The van der Waals surface area contributed by atoms with E-state index in [0.717, 1.165) is 4.90 Å². The number of ether oxygens (including phenoxy) is 2. The molecule has 0 fully saturated rings. The molecule has 7 nitrogen and oxygen atoms in total. The van der Waals surface area contributed by atoms with Crippen LogP contribution in [0.15, 0.2) is 72.4 Å². The van der Waals surface area contributed by atoms with Crippen LogP contribution in [0.3, 0.4) is 0 Å². The van der Waals surface area contributed by atoms with E-state index in [4.69, 9.17) is 14.7 Å². The normalized spacial score (nSPS) is 13.2. The first-order chi connectivity index (χ1) is 16.0. The molecular weight excluding hydrogens is 425 g/mol. The summed E-state index contributed by atoms with van der Waals surface area (Å²) in [5, 5.41) is 12.1. The highest BCUT2D eigenvalue weighted by molar-refractivity contribution is 6.46. The molecule has 0 unspecified atom stereocenters. The lowest BCUT2D eigenvalue weighted by Gasteiger charge is -2.16. The third-order valence-electron chi connectivity index (χ3n) is 5.14. The van der Waals surface area contributed by atoms with Crippen LogP contribution in [-0.4, -0.2) is 26.0 Å². The Balaban J connectivity index is 1.82. The van der Waals surface area contributed by atoms with Gasteiger partial charge in [0, 0.05) is 6.07 Å². The van der Waals surface area contributed by atoms with Gasteiger partial charge in [0.2, 0.25) is 0 Å². The number of imide groups is 1. The van der Waals surface area contributed by atoms with Gasteiger partial charge in [-0.15, -0.1) is 0 Å². The van der Waals surface area contributed by atoms with E-state index in [1.165, 1.54) is 62.8 Å². The van der Waals surface area contributed by atoms with Crippen molar-refractivity contribution in [2.75, 3.05) is 24.4 Å². The van der Waals surface area contributed by atoms with Crippen molar-refractivity contribution in [1.82, 2.24) is 0 Å². The number of hydrogen-bond donors (Lipinski definition) is 1. The van der Waals surface area contributed by atoms with Crippen LogP contribution in [0.1, 0.15) is 11.1 Å². The van der Waals surface area contributed by atoms with E-state index in [0.29, 0.717) is 34.0 Å². The monoisotopic (exact) mass is 443 g/mol. The van der Waals surface area contributed by atoms with E-state index in [9.17, 15) is 14.0 Å². The van der Waals surface area contributed by atoms with Gasteiger partial charge >= 0.3 is 0 Å². The summed E-state index contributed by atoms with van der Waals surface area (Å²) < 4.78 is 24.1. The van der Waals surface area contributed by atoms with Gasteiger partial charge in [-0.1, -0.05) is 12.1 Å². The molecule has 1 heterocycles. The summed E-state index contributed by atoms with van der Waals surface area (Å²) >= 11 is 0. The number of amides is 2. The lowest BCUT2D eigenvalue weighted by Crippen LogP contribution is -2.32. The lowest BCUT2D eigenvalue weighted by atomic mass is 10.0. The highest BCUT2D eigenvalue weighted by Gasteiger charge is 2.40. The predicted octanol–water partition coefficient (Wildman–Crippen LogP) is 4.11. The molecule has 8 heteroatoms. The summed E-state index contributed by atoms with van der Waals surface area (Å²) in [5.74, 6) is -0.685. The van der Waals surface area contributed by atoms with Gasteiger partial charge in [-0.2, -0.15) is 5.26 Å². The fraction of sp³-hybridized carbons (Fsp3) is 0.0800. The van der Waals surface area contributed by atoms with E-state index in [2.05, 4.69) is 5.32 Å². The molecule has 0 radical (unpaired) electrons. The molecule has 2 amide bonds. The molecule has 0 saturated heterocycles. The van der Waals surface area contributed by atoms with Gasteiger partial charge in [-0.05, 0) is 54.1 Å². The number of carbonyl (C=O) groups excluding carboxylic acids is 2. The number of nitriles is 1. The molecule has 0 aromatic heterocycles. The van der Waals surface area contributed by atoms with Crippen molar-refractivity contribution < 1.29 is 23.5 Å². The van der Waals surface area contributed by atoms with Gasteiger partial charge in [0.25, 0.3) is 11.8 Å². The Morgan fingerprint density at radius 2 is 1.61 bits per heavy atom. The maximum atomic E-state index is 13.5. The summed E-state index contributed by atoms with van der Waals surface area (Å²) in [5.41, 5.74) is 1.62. The molecule has 0 bridgehead atoms. The summed E-state index contributed by atoms with van der Waals surface area (Å²) in [7, 11) is 2.99. The maximum absolute atomic E-state index is 13.5. The molecule has 1 N–H and O–H groups in total. The van der Waals surface area contributed by atoms with E-state index in [1.54, 1.807) is 18.2 Å². The standard InChI is InChI=1S/C25H18FN3O4/c1-32-19-11-12-20(21(13-19)33-2)28-23-22(16-5-7-17(26)8-6-16)24(30)29(25(23)31)18-9-3-15(14-27)4-10-18/h3-13,28H,1-2H3. The largest absolute Gasteiger partial charge is 0.497 e. The average molecular weight is 443 g/mol. The van der Waals surface area contributed by atoms with Crippen LogP contribution in [-0.2, 0) is 9.59 Å². The Labute approximate surface area is 189 Å². The van der Waals surface area contributed by atoms with Crippen molar-refractivity contribution in [3.05, 3.63) is 89.4 Å². The van der Waals surface area contributed by atoms with Crippen LogP contribution in [0.4, 0.5) is 15.8 Å². The Morgan fingerprint density at radius 3 is 2.21 bits per heavy atom. The number of rotatable bonds is 6. The first-order valence-corrected chi connectivity index (χ1v) is 9.85. The number of anilines is 2. The van der Waals surface area contributed by atoms with Crippen LogP contribution in [0.2, 0.25) is 0 Å². The highest BCUT2D eigenvalue weighted by Crippen LogP contribution is 2.36. The number of nitrogens with one attached hydrogen (secondary N) is 1. The quantitative estimate of drug-likeness (QED) is 0.577. The number of nitrogens with zero attached hydrogens (tertiary/aromatic N) is 2. The molecule has 33 heavy (non-hydrogen) atoms. The van der Waals surface area contributed by atoms with Crippen molar-refractivity contribution in [3.63, 3.8) is 0 Å². The number of hydrogen-bond acceptors (Lipinski definition) is 6. The Bertz CT molecular complexity index is 1310. The average Bonchev–Trinajstić information content (AvgIpc) is 3.09. The first-order valence-electron chi connectivity index (χ1n) is 9.85. The molecule has 1 aliphatic rings. The molecule has 1 aliphatic heterocycles. The van der Waals surface area contributed by atoms with Crippen LogP contribution < -0.4 is 19.7 Å². The zero-order valence-corrected chi connectivity index (χ0v) is 17.8. The summed E-state index contributed by atoms with van der Waals surface area (Å²) in [4.78, 5) is 27.8. The van der Waals surface area contributed by atoms with E-state index < -0.39 is 17.6 Å². The minimum atomic E-state index is -0.595. The second kappa shape index (κ2) is 8.85. The number of halogens is 1. The molecule has 0 saturated carbocycles. The predicted molar refractivity (Wildman–Crippen MR) is 120 cm³/mol. The van der Waals surface area contributed by atoms with Crippen molar-refractivity contribution >= 4 is 28.8 Å². The summed E-state index contributed by atoms with van der Waals surface area (Å²) in [6.07, 6.45) is 0. The molecule has 0 spiro atoms. The molecule has 0 aliphatic carbocycles. The topological polar surface area (TPSA) is 91.7 Å². The van der Waals surface area contributed by atoms with Crippen LogP contribution in [0.5, 0.6) is 11.5 Å². The molecule has 164 valence electrons. The zero-order valence-electron chi connectivity index (χ0n) is 17.8. The Kier molecular flexibility index (Phi) is 5.79. The Morgan fingerprint density at radius 1 is 0.909 bits per heavy atom. The molecule has 0 atom stereocenters. The van der Waals surface area contributed by atoms with Gasteiger partial charge in [0.15, 0.2) is 0 Å². The molecular formula is C25H18FN3O4. The third kappa shape index (κ3) is 4.00. The molecule has 3 aromatic carbocycles. The summed E-state index contributed by atoms with van der Waals surface area (Å²) in [6.45, 7) is 0. The van der Waals surface area contributed by atoms with E-state index in [1.807, 2.05) is 6.07 Å². The molecule has 3 aromatic rings. The minimum Gasteiger partial charge on any atom is -0.497 e. The third-order valence-corrected chi connectivity index (χ3v) is 5.14. The van der Waals surface area contributed by atoms with Gasteiger partial charge in [0.1, 0.15) is 23.0 Å². The van der Waals surface area contributed by atoms with E-state index >= 15 is 0 Å². The number of benzene rings is 3. The van der Waals surface area contributed by atoms with Gasteiger partial charge in [-0.3, -0.25) is 9.59 Å². The second-order valence-electron chi connectivity index (χ2n) is 7.05. The van der Waals surface area contributed by atoms with Crippen molar-refractivity contribution in [3.8, 4) is 17.6 Å². The maximum Gasteiger partial charge on any atom is 0.282 e. The van der Waals surface area contributed by atoms with Gasteiger partial charge < -0.3 is 14.8 Å². The van der Waals surface area contributed by atoms with E-state index in [-0.39, 0.29) is 11.3 Å². The highest BCUT2D eigenvalue weighted by atomic mass is 19.1. The lowest BCUT2D eigenvalue weighted by molar-refractivity contribution is -0.120. The number of methoxy groups -OCH3 is 2. The first kappa shape index (κ1) is 21.6. The zero-order chi connectivity index (χ0) is 23.5. The van der Waals surface area contributed by atoms with Gasteiger partial charge in [0.05, 0.1) is 42.8 Å². The smallest absolute Gasteiger partial charge is 0.282 e. The van der Waals surface area contributed by atoms with Crippen LogP contribution >= 0.6 is 0 Å². The van der Waals surface area contributed by atoms with Gasteiger partial charge in [-0.25, -0.2) is 9.29 Å². The number of carbonyl (C=O) groups is 2. The minimum absolute atomic E-state index is 0.0134. The SMILES string of the molecule is COc1ccc(NC2=C(c3ccc(F)cc3)C(=O)N(c3ccc(C#N)cc3)C2=O)c(OC)c1. The second-order valence-corrected chi connectivity index (χ2v) is 7.05. The van der Waals surface area contributed by atoms with Crippen molar-refractivity contribution in [1.29, 1.82) is 5.26 Å². The van der Waals surface area contributed by atoms with Crippen LogP contribution in [0.25, 0.3) is 5.57 Å². The molecule has 4 rings (SSSR count). The fourth-order valence-electron chi connectivity index (χ4n) is 3.49. The fourth-order valence-corrected chi connectivity index (χ4v) is 3.49. The Hall–Kier alpha value is -4.64.